The molecule has 1 heterocycles. The van der Waals surface area contributed by atoms with Crippen molar-refractivity contribution in [2.75, 3.05) is 13.7 Å². The molecule has 28 heavy (non-hydrogen) atoms. The van der Waals surface area contributed by atoms with Crippen LogP contribution in [0.3, 0.4) is 0 Å². The number of rotatable bonds is 9. The van der Waals surface area contributed by atoms with E-state index in [-0.39, 0.29) is 18.1 Å². The summed E-state index contributed by atoms with van der Waals surface area (Å²) in [6.07, 6.45) is 0.928. The number of benzene rings is 1. The van der Waals surface area contributed by atoms with Crippen LogP contribution in [0.1, 0.15) is 57.2 Å². The lowest BCUT2D eigenvalue weighted by Gasteiger charge is -2.28. The third-order valence-corrected chi connectivity index (χ3v) is 4.50. The average molecular weight is 389 g/mol. The molecule has 0 aliphatic carbocycles. The van der Waals surface area contributed by atoms with Gasteiger partial charge in [-0.25, -0.2) is 4.79 Å². The van der Waals surface area contributed by atoms with E-state index >= 15 is 0 Å². The van der Waals surface area contributed by atoms with Crippen molar-refractivity contribution in [3.63, 3.8) is 0 Å². The van der Waals surface area contributed by atoms with Gasteiger partial charge < -0.3 is 24.1 Å². The van der Waals surface area contributed by atoms with Gasteiger partial charge in [-0.15, -0.1) is 0 Å². The molecule has 0 spiro atoms. The molecule has 2 aromatic rings. The first-order chi connectivity index (χ1) is 13.3. The fourth-order valence-electron chi connectivity index (χ4n) is 2.86. The number of hydrogen-bond donors (Lipinski definition) is 1. The van der Waals surface area contributed by atoms with E-state index in [9.17, 15) is 4.79 Å². The number of carbonyl (C=O) groups excluding carboxylic acids is 1. The smallest absolute Gasteiger partial charge is 0.318 e. The van der Waals surface area contributed by atoms with Gasteiger partial charge in [-0.3, -0.25) is 0 Å². The molecule has 1 N–H and O–H groups in total. The first kappa shape index (κ1) is 21.7. The van der Waals surface area contributed by atoms with E-state index in [1.807, 2.05) is 58.0 Å². The molecule has 1 aromatic carbocycles. The van der Waals surface area contributed by atoms with Crippen LogP contribution in [0.15, 0.2) is 34.7 Å². The lowest BCUT2D eigenvalue weighted by atomic mass is 10.1. The monoisotopic (exact) mass is 388 g/mol. The van der Waals surface area contributed by atoms with Gasteiger partial charge in [0.25, 0.3) is 0 Å². The molecule has 0 saturated heterocycles. The fourth-order valence-corrected chi connectivity index (χ4v) is 2.86. The Morgan fingerprint density at radius 1 is 1.18 bits per heavy atom. The Bertz CT molecular complexity index is 770. The minimum Gasteiger partial charge on any atom is -0.493 e. The zero-order chi connectivity index (χ0) is 20.7. The Labute approximate surface area is 167 Å². The summed E-state index contributed by atoms with van der Waals surface area (Å²) in [5, 5.41) is 3.07. The second-order valence-corrected chi connectivity index (χ2v) is 7.16. The SMILES string of the molecule is CCCOc1ccc(C(C)NC(=O)N(Cc2ccc(C)o2)C(C)C)cc1OC. The van der Waals surface area contributed by atoms with Crippen molar-refractivity contribution in [1.82, 2.24) is 10.2 Å². The van der Waals surface area contributed by atoms with Gasteiger partial charge in [-0.2, -0.15) is 0 Å². The number of urea groups is 1. The Kier molecular flexibility index (Phi) is 7.79. The normalized spacial score (nSPS) is 12.0. The number of carbonyl (C=O) groups is 1. The van der Waals surface area contributed by atoms with Crippen LogP contribution in [0.5, 0.6) is 11.5 Å². The molecule has 0 radical (unpaired) electrons. The van der Waals surface area contributed by atoms with E-state index in [1.165, 1.54) is 0 Å². The summed E-state index contributed by atoms with van der Waals surface area (Å²) in [5.74, 6) is 2.99. The molecular formula is C22H32N2O4. The highest BCUT2D eigenvalue weighted by molar-refractivity contribution is 5.75. The molecule has 0 bridgehead atoms. The van der Waals surface area contributed by atoms with Crippen molar-refractivity contribution >= 4 is 6.03 Å². The van der Waals surface area contributed by atoms with E-state index in [0.717, 1.165) is 23.5 Å². The average Bonchev–Trinajstić information content (AvgIpc) is 3.08. The minimum absolute atomic E-state index is 0.0389. The molecule has 1 aromatic heterocycles. The molecule has 1 unspecified atom stereocenters. The summed E-state index contributed by atoms with van der Waals surface area (Å²) >= 11 is 0. The number of nitrogens with one attached hydrogen (secondary N) is 1. The highest BCUT2D eigenvalue weighted by Crippen LogP contribution is 2.30. The summed E-state index contributed by atoms with van der Waals surface area (Å²) in [6.45, 7) is 10.9. The standard InChI is InChI=1S/C22H32N2O4/c1-7-12-27-20-11-9-18(13-21(20)26-6)17(5)23-22(25)24(15(2)3)14-19-10-8-16(4)28-19/h8-11,13,15,17H,7,12,14H2,1-6H3,(H,23,25). The Morgan fingerprint density at radius 2 is 1.93 bits per heavy atom. The third-order valence-electron chi connectivity index (χ3n) is 4.50. The second-order valence-electron chi connectivity index (χ2n) is 7.16. The largest absolute Gasteiger partial charge is 0.493 e. The quantitative estimate of drug-likeness (QED) is 0.652. The second kappa shape index (κ2) is 10.1. The highest BCUT2D eigenvalue weighted by Gasteiger charge is 2.21. The van der Waals surface area contributed by atoms with Crippen molar-refractivity contribution in [2.24, 2.45) is 0 Å². The van der Waals surface area contributed by atoms with Gasteiger partial charge >= 0.3 is 6.03 Å². The van der Waals surface area contributed by atoms with Crippen LogP contribution < -0.4 is 14.8 Å². The number of hydrogen-bond acceptors (Lipinski definition) is 4. The van der Waals surface area contributed by atoms with Gasteiger partial charge in [0.1, 0.15) is 11.5 Å². The molecule has 0 aliphatic rings. The molecule has 6 heteroatoms. The van der Waals surface area contributed by atoms with Crippen molar-refractivity contribution in [3.05, 3.63) is 47.4 Å². The molecule has 2 rings (SSSR count). The van der Waals surface area contributed by atoms with Gasteiger partial charge in [-0.1, -0.05) is 13.0 Å². The predicted octanol–water partition coefficient (Wildman–Crippen LogP) is 5.07. The Hall–Kier alpha value is -2.63. The number of aryl methyl sites for hydroxylation is 1. The van der Waals surface area contributed by atoms with Crippen LogP contribution >= 0.6 is 0 Å². The number of methoxy groups -OCH3 is 1. The summed E-state index contributed by atoms with van der Waals surface area (Å²) in [7, 11) is 1.62. The molecule has 0 fully saturated rings. The van der Waals surface area contributed by atoms with E-state index in [4.69, 9.17) is 13.9 Å². The number of furan rings is 1. The molecule has 0 saturated carbocycles. The molecular weight excluding hydrogens is 356 g/mol. The summed E-state index contributed by atoms with van der Waals surface area (Å²) in [6, 6.07) is 9.28. The van der Waals surface area contributed by atoms with Crippen molar-refractivity contribution in [1.29, 1.82) is 0 Å². The Balaban J connectivity index is 2.08. The molecule has 2 amide bonds. The van der Waals surface area contributed by atoms with Crippen molar-refractivity contribution in [2.45, 2.75) is 59.7 Å². The maximum atomic E-state index is 12.9. The van der Waals surface area contributed by atoms with Crippen LogP contribution in [-0.2, 0) is 6.54 Å². The van der Waals surface area contributed by atoms with Gasteiger partial charge in [0, 0.05) is 6.04 Å². The first-order valence-corrected chi connectivity index (χ1v) is 9.78. The van der Waals surface area contributed by atoms with Crippen LogP contribution in [-0.4, -0.2) is 30.7 Å². The zero-order valence-corrected chi connectivity index (χ0v) is 17.7. The van der Waals surface area contributed by atoms with Gasteiger partial charge in [-0.05, 0) is 63.9 Å². The molecule has 1 atom stereocenters. The minimum atomic E-state index is -0.179. The van der Waals surface area contributed by atoms with Crippen LogP contribution in [0.4, 0.5) is 4.79 Å². The summed E-state index contributed by atoms with van der Waals surface area (Å²) in [4.78, 5) is 14.6. The number of amides is 2. The summed E-state index contributed by atoms with van der Waals surface area (Å²) < 4.78 is 16.8. The van der Waals surface area contributed by atoms with Gasteiger partial charge in [0.2, 0.25) is 0 Å². The maximum Gasteiger partial charge on any atom is 0.318 e. The topological polar surface area (TPSA) is 63.9 Å². The van der Waals surface area contributed by atoms with Crippen LogP contribution in [0.2, 0.25) is 0 Å². The molecule has 0 aliphatic heterocycles. The van der Waals surface area contributed by atoms with Crippen molar-refractivity contribution in [3.8, 4) is 11.5 Å². The van der Waals surface area contributed by atoms with E-state index in [1.54, 1.807) is 12.0 Å². The number of nitrogens with zero attached hydrogens (tertiary/aromatic N) is 1. The molecule has 154 valence electrons. The lowest BCUT2D eigenvalue weighted by Crippen LogP contribution is -2.44. The van der Waals surface area contributed by atoms with E-state index < -0.39 is 0 Å². The van der Waals surface area contributed by atoms with E-state index in [2.05, 4.69) is 12.2 Å². The van der Waals surface area contributed by atoms with Crippen LogP contribution in [0, 0.1) is 6.92 Å². The fraction of sp³-hybridized carbons (Fsp3) is 0.500. The molecule has 6 nitrogen and oxygen atoms in total. The van der Waals surface area contributed by atoms with Crippen LogP contribution in [0.25, 0.3) is 0 Å². The number of ether oxygens (including phenoxy) is 2. The first-order valence-electron chi connectivity index (χ1n) is 9.78. The Morgan fingerprint density at radius 3 is 2.50 bits per heavy atom. The zero-order valence-electron chi connectivity index (χ0n) is 17.7. The van der Waals surface area contributed by atoms with Gasteiger partial charge in [0.05, 0.1) is 26.3 Å². The van der Waals surface area contributed by atoms with Gasteiger partial charge in [0.15, 0.2) is 11.5 Å². The lowest BCUT2D eigenvalue weighted by molar-refractivity contribution is 0.170. The third kappa shape index (κ3) is 5.68. The summed E-state index contributed by atoms with van der Waals surface area (Å²) in [5.41, 5.74) is 0.951. The maximum absolute atomic E-state index is 12.9. The highest BCUT2D eigenvalue weighted by atomic mass is 16.5. The van der Waals surface area contributed by atoms with E-state index in [0.29, 0.717) is 24.7 Å². The predicted molar refractivity (Wildman–Crippen MR) is 110 cm³/mol. The van der Waals surface area contributed by atoms with Crippen molar-refractivity contribution < 1.29 is 18.7 Å².